The average molecular weight is 344 g/mol. The van der Waals surface area contributed by atoms with Crippen molar-refractivity contribution in [3.63, 3.8) is 0 Å². The summed E-state index contributed by atoms with van der Waals surface area (Å²) in [4.78, 5) is 6.24. The third-order valence-corrected chi connectivity index (χ3v) is 6.33. The van der Waals surface area contributed by atoms with E-state index in [4.69, 9.17) is 9.72 Å². The molecule has 24 heavy (non-hydrogen) atoms. The molecule has 0 radical (unpaired) electrons. The predicted molar refractivity (Wildman–Crippen MR) is 96.2 cm³/mol. The monoisotopic (exact) mass is 344 g/mol. The number of aromatic nitrogens is 1. The molecule has 5 heteroatoms. The highest BCUT2D eigenvalue weighted by Crippen LogP contribution is 2.38. The summed E-state index contributed by atoms with van der Waals surface area (Å²) in [6.45, 7) is 1.96. The molecule has 4 rings (SSSR count). The third-order valence-electron chi connectivity index (χ3n) is 5.07. The second kappa shape index (κ2) is 6.92. The number of nitrogens with zero attached hydrogens (tertiary/aromatic N) is 1. The van der Waals surface area contributed by atoms with Crippen LogP contribution in [0.15, 0.2) is 30.3 Å². The van der Waals surface area contributed by atoms with Crippen molar-refractivity contribution in [1.82, 2.24) is 10.3 Å². The van der Waals surface area contributed by atoms with E-state index in [0.717, 1.165) is 37.1 Å². The molecule has 1 aromatic carbocycles. The molecule has 1 unspecified atom stereocenters. The largest absolute Gasteiger partial charge is 0.388 e. The first-order chi connectivity index (χ1) is 11.7. The molecule has 4 nitrogen and oxygen atoms in total. The Morgan fingerprint density at radius 3 is 2.83 bits per heavy atom. The van der Waals surface area contributed by atoms with Gasteiger partial charge < -0.3 is 15.2 Å². The molecular formula is C19H24N2O2S. The summed E-state index contributed by atoms with van der Waals surface area (Å²) >= 11 is 1.80. The second-order valence-corrected chi connectivity index (χ2v) is 7.89. The Labute approximate surface area is 146 Å². The molecule has 1 aliphatic heterocycles. The van der Waals surface area contributed by atoms with Gasteiger partial charge in [-0.05, 0) is 19.3 Å². The van der Waals surface area contributed by atoms with Crippen LogP contribution in [0.2, 0.25) is 0 Å². The maximum atomic E-state index is 10.7. The smallest absolute Gasteiger partial charge is 0.123 e. The lowest BCUT2D eigenvalue weighted by Gasteiger charge is -2.34. The van der Waals surface area contributed by atoms with Gasteiger partial charge in [0, 0.05) is 49.1 Å². The highest BCUT2D eigenvalue weighted by molar-refractivity contribution is 7.15. The van der Waals surface area contributed by atoms with Gasteiger partial charge in [-0.15, -0.1) is 11.3 Å². The number of rotatable bonds is 4. The highest BCUT2D eigenvalue weighted by Gasteiger charge is 2.32. The quantitative estimate of drug-likeness (QED) is 0.893. The first kappa shape index (κ1) is 16.2. The molecule has 2 aliphatic rings. The Hall–Kier alpha value is -1.27. The zero-order valence-corrected chi connectivity index (χ0v) is 14.6. The fourth-order valence-corrected chi connectivity index (χ4v) is 4.79. The van der Waals surface area contributed by atoms with Crippen molar-refractivity contribution in [2.24, 2.45) is 0 Å². The van der Waals surface area contributed by atoms with Gasteiger partial charge in [0.05, 0.1) is 11.3 Å². The Bertz CT molecular complexity index is 680. The Kier molecular flexibility index (Phi) is 4.68. The lowest BCUT2D eigenvalue weighted by Crippen LogP contribution is -2.46. The second-order valence-electron chi connectivity index (χ2n) is 6.86. The maximum absolute atomic E-state index is 10.7. The van der Waals surface area contributed by atoms with Gasteiger partial charge in [-0.2, -0.15) is 0 Å². The molecule has 1 aliphatic carbocycles. The van der Waals surface area contributed by atoms with E-state index in [1.165, 1.54) is 16.1 Å². The first-order valence-electron chi connectivity index (χ1n) is 8.82. The van der Waals surface area contributed by atoms with Crippen LogP contribution in [0, 0.1) is 0 Å². The number of nitrogens with one attached hydrogen (secondary N) is 1. The summed E-state index contributed by atoms with van der Waals surface area (Å²) in [5.41, 5.74) is 1.81. The molecule has 0 amide bonds. The summed E-state index contributed by atoms with van der Waals surface area (Å²) in [7, 11) is 0. The van der Waals surface area contributed by atoms with Gasteiger partial charge in [-0.1, -0.05) is 30.3 Å². The molecule has 1 fully saturated rings. The fourth-order valence-electron chi connectivity index (χ4n) is 3.56. The number of benzene rings is 1. The molecular weight excluding hydrogens is 320 g/mol. The van der Waals surface area contributed by atoms with Gasteiger partial charge in [0.15, 0.2) is 0 Å². The zero-order chi connectivity index (χ0) is 16.4. The summed E-state index contributed by atoms with van der Waals surface area (Å²) in [6.07, 6.45) is 4.78. The summed E-state index contributed by atoms with van der Waals surface area (Å²) < 4.78 is 5.37. The topological polar surface area (TPSA) is 54.4 Å². The maximum Gasteiger partial charge on any atom is 0.123 e. The van der Waals surface area contributed by atoms with E-state index in [1.807, 2.05) is 6.07 Å². The van der Waals surface area contributed by atoms with Crippen molar-refractivity contribution in [3.8, 4) is 10.6 Å². The molecule has 1 saturated heterocycles. The van der Waals surface area contributed by atoms with E-state index in [9.17, 15) is 5.11 Å². The minimum Gasteiger partial charge on any atom is -0.388 e. The molecule has 0 saturated carbocycles. The lowest BCUT2D eigenvalue weighted by molar-refractivity contribution is -0.0629. The van der Waals surface area contributed by atoms with Gasteiger partial charge >= 0.3 is 0 Å². The average Bonchev–Trinajstić information content (AvgIpc) is 3.06. The fraction of sp³-hybridized carbons (Fsp3) is 0.526. The van der Waals surface area contributed by atoms with E-state index in [1.54, 1.807) is 11.3 Å². The van der Waals surface area contributed by atoms with Gasteiger partial charge in [-0.25, -0.2) is 4.98 Å². The molecule has 1 atom stereocenters. The number of ether oxygens (including phenoxy) is 1. The van der Waals surface area contributed by atoms with E-state index >= 15 is 0 Å². The van der Waals surface area contributed by atoms with E-state index in [0.29, 0.717) is 25.8 Å². The molecule has 128 valence electrons. The first-order valence-corrected chi connectivity index (χ1v) is 9.64. The minimum absolute atomic E-state index is 0.315. The van der Waals surface area contributed by atoms with Crippen LogP contribution in [-0.4, -0.2) is 35.5 Å². The van der Waals surface area contributed by atoms with Crippen LogP contribution in [0.3, 0.4) is 0 Å². The number of hydrogen-bond donors (Lipinski definition) is 2. The summed E-state index contributed by atoms with van der Waals surface area (Å²) in [5, 5.41) is 15.4. The predicted octanol–water partition coefficient (Wildman–Crippen LogP) is 3.32. The third kappa shape index (κ3) is 3.40. The molecule has 0 bridgehead atoms. The Balaban J connectivity index is 1.50. The van der Waals surface area contributed by atoms with Crippen molar-refractivity contribution >= 4 is 11.3 Å². The normalized spacial score (nSPS) is 23.0. The summed E-state index contributed by atoms with van der Waals surface area (Å²) in [5.74, 6) is 0. The van der Waals surface area contributed by atoms with Gasteiger partial charge in [0.25, 0.3) is 0 Å². The van der Waals surface area contributed by atoms with Crippen molar-refractivity contribution in [2.45, 2.75) is 43.7 Å². The highest BCUT2D eigenvalue weighted by atomic mass is 32.1. The van der Waals surface area contributed by atoms with Crippen LogP contribution < -0.4 is 5.32 Å². The van der Waals surface area contributed by atoms with E-state index < -0.39 is 5.60 Å². The van der Waals surface area contributed by atoms with Crippen molar-refractivity contribution in [3.05, 3.63) is 40.9 Å². The summed E-state index contributed by atoms with van der Waals surface area (Å²) in [6, 6.07) is 10.7. The van der Waals surface area contributed by atoms with Crippen molar-refractivity contribution < 1.29 is 9.84 Å². The lowest BCUT2D eigenvalue weighted by atomic mass is 9.92. The molecule has 0 spiro atoms. The van der Waals surface area contributed by atoms with Crippen LogP contribution in [0.25, 0.3) is 10.6 Å². The minimum atomic E-state index is -0.622. The molecule has 2 aromatic rings. The van der Waals surface area contributed by atoms with Gasteiger partial charge in [0.1, 0.15) is 5.01 Å². The van der Waals surface area contributed by atoms with Crippen molar-refractivity contribution in [2.75, 3.05) is 19.8 Å². The van der Waals surface area contributed by atoms with E-state index in [-0.39, 0.29) is 0 Å². The molecule has 2 heterocycles. The van der Waals surface area contributed by atoms with Crippen LogP contribution in [-0.2, 0) is 11.2 Å². The number of fused-ring (bicyclic) bond motifs is 1. The van der Waals surface area contributed by atoms with Crippen molar-refractivity contribution in [1.29, 1.82) is 0 Å². The molecule has 1 aromatic heterocycles. The SMILES string of the molecule is OC1(CNC2CCCc3nc(-c4ccccc4)sc32)CCOCC1. The van der Waals surface area contributed by atoms with E-state index in [2.05, 4.69) is 29.6 Å². The number of hydrogen-bond acceptors (Lipinski definition) is 5. The standard InChI is InChI=1S/C19H24N2O2S/c22-19(9-11-23-12-10-19)13-20-15-7-4-8-16-17(15)24-18(21-16)14-5-2-1-3-6-14/h1-3,5-6,15,20,22H,4,7-13H2. The van der Waals surface area contributed by atoms with Gasteiger partial charge in [0.2, 0.25) is 0 Å². The van der Waals surface area contributed by atoms with Crippen LogP contribution in [0.5, 0.6) is 0 Å². The number of aryl methyl sites for hydroxylation is 1. The van der Waals surface area contributed by atoms with Crippen LogP contribution >= 0.6 is 11.3 Å². The number of thiazole rings is 1. The Morgan fingerprint density at radius 2 is 2.04 bits per heavy atom. The van der Waals surface area contributed by atoms with Crippen LogP contribution in [0.1, 0.15) is 42.3 Å². The number of aliphatic hydroxyl groups is 1. The van der Waals surface area contributed by atoms with Crippen LogP contribution in [0.4, 0.5) is 0 Å². The molecule has 2 N–H and O–H groups in total. The van der Waals surface area contributed by atoms with Gasteiger partial charge in [-0.3, -0.25) is 0 Å². The Morgan fingerprint density at radius 1 is 1.25 bits per heavy atom. The zero-order valence-electron chi connectivity index (χ0n) is 13.8.